The third-order valence-electron chi connectivity index (χ3n) is 2.95. The number of benzene rings is 1. The zero-order valence-electron chi connectivity index (χ0n) is 11.5. The van der Waals surface area contributed by atoms with Crippen molar-refractivity contribution in [2.24, 2.45) is 0 Å². The molecule has 2 aromatic rings. The van der Waals surface area contributed by atoms with Crippen LogP contribution in [0.4, 0.5) is 10.2 Å². The second-order valence-electron chi connectivity index (χ2n) is 4.36. The van der Waals surface area contributed by atoms with E-state index < -0.39 is 0 Å². The van der Waals surface area contributed by atoms with Crippen molar-refractivity contribution in [3.05, 3.63) is 41.5 Å². The minimum absolute atomic E-state index is 0.251. The zero-order valence-corrected chi connectivity index (χ0v) is 11.5. The van der Waals surface area contributed by atoms with E-state index in [1.54, 1.807) is 6.07 Å². The molecular formula is C15H18FN3. The summed E-state index contributed by atoms with van der Waals surface area (Å²) in [5.74, 6) is 1.34. The van der Waals surface area contributed by atoms with Gasteiger partial charge in [-0.05, 0) is 26.0 Å². The lowest BCUT2D eigenvalue weighted by Crippen LogP contribution is -2.07. The normalized spacial score (nSPS) is 10.5. The van der Waals surface area contributed by atoms with Gasteiger partial charge in [0, 0.05) is 24.1 Å². The highest BCUT2D eigenvalue weighted by Crippen LogP contribution is 2.26. The molecule has 19 heavy (non-hydrogen) atoms. The number of aryl methyl sites for hydroxylation is 1. The van der Waals surface area contributed by atoms with E-state index in [4.69, 9.17) is 0 Å². The summed E-state index contributed by atoms with van der Waals surface area (Å²) < 4.78 is 13.4. The minimum atomic E-state index is -0.251. The Kier molecular flexibility index (Phi) is 4.10. The van der Waals surface area contributed by atoms with Gasteiger partial charge in [-0.15, -0.1) is 0 Å². The molecule has 3 nitrogen and oxygen atoms in total. The van der Waals surface area contributed by atoms with Crippen molar-refractivity contribution in [3.8, 4) is 11.3 Å². The van der Waals surface area contributed by atoms with E-state index in [0.717, 1.165) is 41.4 Å². The standard InChI is InChI=1S/C15H18FN3/c1-4-13-18-14(10(3)15(19-13)17-5-2)11-7-6-8-12(16)9-11/h6-9H,4-5H2,1-3H3,(H,17,18,19). The zero-order chi connectivity index (χ0) is 13.8. The van der Waals surface area contributed by atoms with E-state index in [1.165, 1.54) is 12.1 Å². The fourth-order valence-electron chi connectivity index (χ4n) is 1.98. The number of anilines is 1. The number of rotatable bonds is 4. The molecule has 0 bridgehead atoms. The predicted molar refractivity (Wildman–Crippen MR) is 75.7 cm³/mol. The van der Waals surface area contributed by atoms with E-state index in [9.17, 15) is 4.39 Å². The van der Waals surface area contributed by atoms with Gasteiger partial charge in [-0.2, -0.15) is 0 Å². The molecule has 0 saturated carbocycles. The molecule has 0 atom stereocenters. The number of nitrogens with one attached hydrogen (secondary N) is 1. The van der Waals surface area contributed by atoms with Gasteiger partial charge in [-0.25, -0.2) is 14.4 Å². The van der Waals surface area contributed by atoms with Crippen LogP contribution in [0.5, 0.6) is 0 Å². The van der Waals surface area contributed by atoms with Crippen LogP contribution in [-0.2, 0) is 6.42 Å². The molecule has 1 aromatic carbocycles. The van der Waals surface area contributed by atoms with Gasteiger partial charge in [0.15, 0.2) is 0 Å². The van der Waals surface area contributed by atoms with Gasteiger partial charge in [-0.3, -0.25) is 0 Å². The van der Waals surface area contributed by atoms with Crippen molar-refractivity contribution in [2.75, 3.05) is 11.9 Å². The summed E-state index contributed by atoms with van der Waals surface area (Å²) in [6, 6.07) is 6.51. The lowest BCUT2D eigenvalue weighted by Gasteiger charge is -2.13. The van der Waals surface area contributed by atoms with Gasteiger partial charge in [0.25, 0.3) is 0 Å². The third kappa shape index (κ3) is 2.89. The van der Waals surface area contributed by atoms with E-state index in [-0.39, 0.29) is 5.82 Å². The highest BCUT2D eigenvalue weighted by Gasteiger charge is 2.12. The van der Waals surface area contributed by atoms with E-state index in [0.29, 0.717) is 0 Å². The Labute approximate surface area is 112 Å². The SMILES string of the molecule is CCNc1nc(CC)nc(-c2cccc(F)c2)c1C. The molecule has 0 aliphatic heterocycles. The maximum absolute atomic E-state index is 13.4. The Balaban J connectivity index is 2.58. The Bertz CT molecular complexity index is 582. The summed E-state index contributed by atoms with van der Waals surface area (Å²) >= 11 is 0. The highest BCUT2D eigenvalue weighted by atomic mass is 19.1. The second-order valence-corrected chi connectivity index (χ2v) is 4.36. The van der Waals surface area contributed by atoms with Crippen LogP contribution in [-0.4, -0.2) is 16.5 Å². The molecule has 1 heterocycles. The third-order valence-corrected chi connectivity index (χ3v) is 2.95. The molecule has 0 saturated heterocycles. The molecule has 0 unspecified atom stereocenters. The van der Waals surface area contributed by atoms with Crippen LogP contribution in [0.1, 0.15) is 25.2 Å². The quantitative estimate of drug-likeness (QED) is 0.911. The minimum Gasteiger partial charge on any atom is -0.370 e. The molecule has 1 aromatic heterocycles. The van der Waals surface area contributed by atoms with Crippen LogP contribution in [0.25, 0.3) is 11.3 Å². The molecule has 0 aliphatic rings. The first-order chi connectivity index (χ1) is 9.15. The number of hydrogen-bond acceptors (Lipinski definition) is 3. The van der Waals surface area contributed by atoms with Crippen LogP contribution in [0.15, 0.2) is 24.3 Å². The average Bonchev–Trinajstić information content (AvgIpc) is 2.41. The van der Waals surface area contributed by atoms with Crippen molar-refractivity contribution in [2.45, 2.75) is 27.2 Å². The Morgan fingerprint density at radius 2 is 2.00 bits per heavy atom. The summed E-state index contributed by atoms with van der Waals surface area (Å²) in [4.78, 5) is 9.00. The Hall–Kier alpha value is -1.97. The summed E-state index contributed by atoms with van der Waals surface area (Å²) in [5.41, 5.74) is 2.53. The van der Waals surface area contributed by atoms with Gasteiger partial charge in [0.1, 0.15) is 17.5 Å². The molecule has 1 N–H and O–H groups in total. The Morgan fingerprint density at radius 3 is 2.63 bits per heavy atom. The number of halogens is 1. The van der Waals surface area contributed by atoms with Gasteiger partial charge in [0.2, 0.25) is 0 Å². The van der Waals surface area contributed by atoms with Crippen LogP contribution in [0, 0.1) is 12.7 Å². The van der Waals surface area contributed by atoms with Crippen molar-refractivity contribution >= 4 is 5.82 Å². The summed E-state index contributed by atoms with van der Waals surface area (Å²) in [7, 11) is 0. The maximum atomic E-state index is 13.4. The van der Waals surface area contributed by atoms with Gasteiger partial charge in [0.05, 0.1) is 5.69 Å². The van der Waals surface area contributed by atoms with E-state index in [1.807, 2.05) is 26.8 Å². The molecular weight excluding hydrogens is 241 g/mol. The predicted octanol–water partition coefficient (Wildman–Crippen LogP) is 3.59. The number of aromatic nitrogens is 2. The summed E-state index contributed by atoms with van der Waals surface area (Å²) in [6.45, 7) is 6.78. The molecule has 0 radical (unpaired) electrons. The lowest BCUT2D eigenvalue weighted by molar-refractivity contribution is 0.628. The molecule has 0 aliphatic carbocycles. The smallest absolute Gasteiger partial charge is 0.133 e. The summed E-state index contributed by atoms with van der Waals surface area (Å²) in [5, 5.41) is 3.23. The number of nitrogens with zero attached hydrogens (tertiary/aromatic N) is 2. The van der Waals surface area contributed by atoms with Crippen molar-refractivity contribution in [1.82, 2.24) is 9.97 Å². The van der Waals surface area contributed by atoms with E-state index in [2.05, 4.69) is 15.3 Å². The maximum Gasteiger partial charge on any atom is 0.133 e. The largest absolute Gasteiger partial charge is 0.370 e. The summed E-state index contributed by atoms with van der Waals surface area (Å²) in [6.07, 6.45) is 0.751. The first-order valence-corrected chi connectivity index (χ1v) is 6.53. The van der Waals surface area contributed by atoms with Crippen LogP contribution in [0.3, 0.4) is 0 Å². The lowest BCUT2D eigenvalue weighted by atomic mass is 10.1. The molecule has 0 fully saturated rings. The topological polar surface area (TPSA) is 37.8 Å². The fraction of sp³-hybridized carbons (Fsp3) is 0.333. The van der Waals surface area contributed by atoms with Crippen LogP contribution in [0.2, 0.25) is 0 Å². The van der Waals surface area contributed by atoms with Gasteiger partial charge < -0.3 is 5.32 Å². The molecule has 4 heteroatoms. The molecule has 0 amide bonds. The molecule has 100 valence electrons. The van der Waals surface area contributed by atoms with Gasteiger partial charge >= 0.3 is 0 Å². The fourth-order valence-corrected chi connectivity index (χ4v) is 1.98. The number of hydrogen-bond donors (Lipinski definition) is 1. The van der Waals surface area contributed by atoms with E-state index >= 15 is 0 Å². The molecule has 0 spiro atoms. The monoisotopic (exact) mass is 259 g/mol. The highest BCUT2D eigenvalue weighted by molar-refractivity contribution is 5.68. The first-order valence-electron chi connectivity index (χ1n) is 6.53. The average molecular weight is 259 g/mol. The van der Waals surface area contributed by atoms with Gasteiger partial charge in [-0.1, -0.05) is 19.1 Å². The molecule has 2 rings (SSSR count). The van der Waals surface area contributed by atoms with Crippen molar-refractivity contribution in [1.29, 1.82) is 0 Å². The Morgan fingerprint density at radius 1 is 1.21 bits per heavy atom. The first kappa shape index (κ1) is 13.5. The van der Waals surface area contributed by atoms with Crippen molar-refractivity contribution < 1.29 is 4.39 Å². The van der Waals surface area contributed by atoms with Crippen molar-refractivity contribution in [3.63, 3.8) is 0 Å². The second kappa shape index (κ2) is 5.78. The van der Waals surface area contributed by atoms with Crippen LogP contribution < -0.4 is 5.32 Å². The van der Waals surface area contributed by atoms with Crippen LogP contribution >= 0.6 is 0 Å².